The van der Waals surface area contributed by atoms with Crippen LogP contribution in [0, 0.1) is 0 Å². The van der Waals surface area contributed by atoms with E-state index in [0.717, 1.165) is 13.0 Å². The molecule has 0 unspecified atom stereocenters. The summed E-state index contributed by atoms with van der Waals surface area (Å²) in [6, 6.07) is 0. The predicted octanol–water partition coefficient (Wildman–Crippen LogP) is 0.817. The van der Waals surface area contributed by atoms with Gasteiger partial charge in [-0.1, -0.05) is 6.58 Å². The summed E-state index contributed by atoms with van der Waals surface area (Å²) < 4.78 is 0. The zero-order chi connectivity index (χ0) is 13.4. The molecule has 0 saturated heterocycles. The molecule has 5 nitrogen and oxygen atoms in total. The second kappa shape index (κ2) is 7.84. The van der Waals surface area contributed by atoms with Gasteiger partial charge < -0.3 is 14.9 Å². The molecule has 17 heavy (non-hydrogen) atoms. The van der Waals surface area contributed by atoms with Gasteiger partial charge in [0.25, 0.3) is 0 Å². The van der Waals surface area contributed by atoms with Crippen LogP contribution in [0.15, 0.2) is 12.2 Å². The fourth-order valence-electron chi connectivity index (χ4n) is 1.39. The minimum Gasteiger partial charge on any atom is -0.481 e. The molecular weight excluding hydrogens is 220 g/mol. The summed E-state index contributed by atoms with van der Waals surface area (Å²) in [6.07, 6.45) is 0.798. The van der Waals surface area contributed by atoms with E-state index in [4.69, 9.17) is 5.11 Å². The highest BCUT2D eigenvalue weighted by Crippen LogP contribution is 2.02. The average Bonchev–Trinajstić information content (AvgIpc) is 2.21. The molecule has 0 aliphatic heterocycles. The van der Waals surface area contributed by atoms with E-state index >= 15 is 0 Å². The molecule has 0 spiro atoms. The quantitative estimate of drug-likeness (QED) is 0.640. The molecule has 0 bridgehead atoms. The van der Waals surface area contributed by atoms with Gasteiger partial charge in [0, 0.05) is 18.7 Å². The molecule has 0 aromatic rings. The van der Waals surface area contributed by atoms with Gasteiger partial charge in [0.05, 0.1) is 6.42 Å². The van der Waals surface area contributed by atoms with Crippen LogP contribution in [-0.4, -0.2) is 60.5 Å². The van der Waals surface area contributed by atoms with Crippen LogP contribution in [0.25, 0.3) is 0 Å². The molecule has 0 fully saturated rings. The number of carbonyl (C=O) groups is 2. The van der Waals surface area contributed by atoms with Crippen molar-refractivity contribution in [3.8, 4) is 0 Å². The van der Waals surface area contributed by atoms with Gasteiger partial charge in [-0.3, -0.25) is 9.59 Å². The lowest BCUT2D eigenvalue weighted by Crippen LogP contribution is -2.35. The van der Waals surface area contributed by atoms with E-state index in [0.29, 0.717) is 12.1 Å². The normalized spacial score (nSPS) is 10.4. The van der Waals surface area contributed by atoms with Crippen molar-refractivity contribution in [3.05, 3.63) is 12.2 Å². The molecule has 0 aromatic heterocycles. The molecule has 0 aromatic carbocycles. The molecule has 1 amide bonds. The second-order valence-electron chi connectivity index (χ2n) is 4.37. The van der Waals surface area contributed by atoms with Gasteiger partial charge in [0.15, 0.2) is 0 Å². The minimum atomic E-state index is -0.892. The Balaban J connectivity index is 4.25. The number of carboxylic acid groups (broad SMARTS) is 1. The van der Waals surface area contributed by atoms with Crippen LogP contribution in [0.2, 0.25) is 0 Å². The second-order valence-corrected chi connectivity index (χ2v) is 4.37. The van der Waals surface area contributed by atoms with E-state index in [9.17, 15) is 9.59 Å². The molecule has 0 saturated carbocycles. The smallest absolute Gasteiger partial charge is 0.305 e. The molecule has 0 radical (unpaired) electrons. The van der Waals surface area contributed by atoms with E-state index in [-0.39, 0.29) is 18.9 Å². The lowest BCUT2D eigenvalue weighted by atomic mass is 10.2. The summed E-state index contributed by atoms with van der Waals surface area (Å²) >= 11 is 0. The van der Waals surface area contributed by atoms with Crippen LogP contribution < -0.4 is 0 Å². The highest BCUT2D eigenvalue weighted by Gasteiger charge is 2.14. The standard InChI is InChI=1S/C12H22N2O3/c1-10(2)12(17)14(9-6-11(15)16)8-5-7-13(3)4/h1,5-9H2,2-4H3,(H,15,16). The Kier molecular flexibility index (Phi) is 7.21. The van der Waals surface area contributed by atoms with E-state index in [1.165, 1.54) is 0 Å². The number of nitrogens with zero attached hydrogens (tertiary/aromatic N) is 2. The van der Waals surface area contributed by atoms with Gasteiger partial charge in [0.2, 0.25) is 5.91 Å². The number of rotatable bonds is 8. The minimum absolute atomic E-state index is 0.0268. The van der Waals surface area contributed by atoms with Crippen LogP contribution in [0.1, 0.15) is 19.8 Å². The summed E-state index contributed by atoms with van der Waals surface area (Å²) in [5, 5.41) is 8.63. The lowest BCUT2D eigenvalue weighted by molar-refractivity contribution is -0.138. The average molecular weight is 242 g/mol. The number of aliphatic carboxylic acids is 1. The summed E-state index contributed by atoms with van der Waals surface area (Å²) in [5.41, 5.74) is 0.445. The van der Waals surface area contributed by atoms with Crippen molar-refractivity contribution >= 4 is 11.9 Å². The first-order valence-electron chi connectivity index (χ1n) is 5.66. The zero-order valence-corrected chi connectivity index (χ0v) is 10.9. The van der Waals surface area contributed by atoms with Gasteiger partial charge >= 0.3 is 5.97 Å². The molecule has 98 valence electrons. The van der Waals surface area contributed by atoms with Gasteiger partial charge in [-0.05, 0) is 34.0 Å². The monoisotopic (exact) mass is 242 g/mol. The Morgan fingerprint density at radius 1 is 1.18 bits per heavy atom. The Labute approximate surface area is 103 Å². The zero-order valence-electron chi connectivity index (χ0n) is 10.9. The first-order valence-corrected chi connectivity index (χ1v) is 5.66. The molecule has 0 aliphatic rings. The van der Waals surface area contributed by atoms with Gasteiger partial charge in [-0.15, -0.1) is 0 Å². The maximum Gasteiger partial charge on any atom is 0.305 e. The van der Waals surface area contributed by atoms with Crippen LogP contribution in [0.3, 0.4) is 0 Å². The van der Waals surface area contributed by atoms with Crippen LogP contribution >= 0.6 is 0 Å². The molecule has 5 heteroatoms. The Morgan fingerprint density at radius 3 is 2.18 bits per heavy atom. The Morgan fingerprint density at radius 2 is 1.76 bits per heavy atom. The number of amides is 1. The number of hydrogen-bond acceptors (Lipinski definition) is 3. The maximum absolute atomic E-state index is 11.8. The summed E-state index contributed by atoms with van der Waals surface area (Å²) in [7, 11) is 3.92. The van der Waals surface area contributed by atoms with Crippen LogP contribution in [-0.2, 0) is 9.59 Å². The SMILES string of the molecule is C=C(C)C(=O)N(CCCN(C)C)CCC(=O)O. The molecule has 0 rings (SSSR count). The first kappa shape index (κ1) is 15.6. The summed E-state index contributed by atoms with van der Waals surface area (Å²) in [4.78, 5) is 25.8. The predicted molar refractivity (Wildman–Crippen MR) is 66.8 cm³/mol. The van der Waals surface area contributed by atoms with Gasteiger partial charge in [0.1, 0.15) is 0 Å². The first-order chi connectivity index (χ1) is 7.84. The molecule has 1 N–H and O–H groups in total. The Hall–Kier alpha value is -1.36. The van der Waals surface area contributed by atoms with Crippen molar-refractivity contribution < 1.29 is 14.7 Å². The van der Waals surface area contributed by atoms with Crippen molar-refractivity contribution in [1.29, 1.82) is 0 Å². The van der Waals surface area contributed by atoms with E-state index in [2.05, 4.69) is 6.58 Å². The third-order valence-corrected chi connectivity index (χ3v) is 2.28. The van der Waals surface area contributed by atoms with Crippen molar-refractivity contribution in [3.63, 3.8) is 0 Å². The highest BCUT2D eigenvalue weighted by atomic mass is 16.4. The molecule has 0 atom stereocenters. The van der Waals surface area contributed by atoms with Crippen molar-refractivity contribution in [2.75, 3.05) is 33.7 Å². The molecule has 0 heterocycles. The number of hydrogen-bond donors (Lipinski definition) is 1. The van der Waals surface area contributed by atoms with Gasteiger partial charge in [-0.25, -0.2) is 0 Å². The van der Waals surface area contributed by atoms with E-state index < -0.39 is 5.97 Å². The van der Waals surface area contributed by atoms with Gasteiger partial charge in [-0.2, -0.15) is 0 Å². The van der Waals surface area contributed by atoms with E-state index in [1.54, 1.807) is 11.8 Å². The highest BCUT2D eigenvalue weighted by molar-refractivity contribution is 5.92. The van der Waals surface area contributed by atoms with Crippen molar-refractivity contribution in [2.24, 2.45) is 0 Å². The lowest BCUT2D eigenvalue weighted by Gasteiger charge is -2.23. The Bertz CT molecular complexity index is 287. The topological polar surface area (TPSA) is 60.9 Å². The number of carboxylic acids is 1. The van der Waals surface area contributed by atoms with Crippen molar-refractivity contribution in [1.82, 2.24) is 9.80 Å². The number of carbonyl (C=O) groups excluding carboxylic acids is 1. The largest absolute Gasteiger partial charge is 0.481 e. The van der Waals surface area contributed by atoms with E-state index in [1.807, 2.05) is 19.0 Å². The van der Waals surface area contributed by atoms with Crippen molar-refractivity contribution in [2.45, 2.75) is 19.8 Å². The summed E-state index contributed by atoms with van der Waals surface area (Å²) in [5.74, 6) is -1.05. The van der Waals surface area contributed by atoms with Crippen LogP contribution in [0.5, 0.6) is 0 Å². The third kappa shape index (κ3) is 7.52. The third-order valence-electron chi connectivity index (χ3n) is 2.28. The summed E-state index contributed by atoms with van der Waals surface area (Å²) in [6.45, 7) is 6.92. The molecule has 0 aliphatic carbocycles. The maximum atomic E-state index is 11.8. The van der Waals surface area contributed by atoms with Crippen LogP contribution in [0.4, 0.5) is 0 Å². The fraction of sp³-hybridized carbons (Fsp3) is 0.667. The fourth-order valence-corrected chi connectivity index (χ4v) is 1.39. The molecular formula is C12H22N2O3.